The highest BCUT2D eigenvalue weighted by Crippen LogP contribution is 2.23. The summed E-state index contributed by atoms with van der Waals surface area (Å²) in [7, 11) is 0. The van der Waals surface area contributed by atoms with Gasteiger partial charge in [-0.2, -0.15) is 4.68 Å². The Morgan fingerprint density at radius 3 is 2.71 bits per heavy atom. The number of benzene rings is 1. The Morgan fingerprint density at radius 1 is 1.25 bits per heavy atom. The van der Waals surface area contributed by atoms with Crippen LogP contribution in [0.1, 0.15) is 10.4 Å². The minimum absolute atomic E-state index is 0.0407. The van der Waals surface area contributed by atoms with Crippen molar-refractivity contribution in [2.45, 2.75) is 17.8 Å². The molecule has 3 aromatic rings. The molecular weight excluding hydrogens is 416 g/mol. The molecule has 0 saturated carbocycles. The minimum Gasteiger partial charge on any atom is -0.369 e. The highest BCUT2D eigenvalue weighted by Gasteiger charge is 2.16. The first-order valence-corrected chi connectivity index (χ1v) is 11.3. The van der Waals surface area contributed by atoms with Gasteiger partial charge in [-0.15, -0.1) is 23.1 Å². The van der Waals surface area contributed by atoms with Crippen LogP contribution in [-0.2, 0) is 15.3 Å². The highest BCUT2D eigenvalue weighted by atomic mass is 32.2. The van der Waals surface area contributed by atoms with Gasteiger partial charge in [-0.05, 0) is 18.6 Å². The second-order valence-corrected chi connectivity index (χ2v) is 9.04. The van der Waals surface area contributed by atoms with E-state index in [1.165, 1.54) is 23.1 Å². The Balaban J connectivity index is 1.76. The maximum atomic E-state index is 12.8. The van der Waals surface area contributed by atoms with Crippen molar-refractivity contribution in [2.24, 2.45) is 5.73 Å². The molecular formula is C18H18N4O3S3. The van der Waals surface area contributed by atoms with E-state index in [0.29, 0.717) is 16.0 Å². The lowest BCUT2D eigenvalue weighted by atomic mass is 10.2. The van der Waals surface area contributed by atoms with Crippen LogP contribution in [0.3, 0.4) is 0 Å². The molecule has 0 unspecified atom stereocenters. The molecule has 0 spiro atoms. The van der Waals surface area contributed by atoms with E-state index in [4.69, 9.17) is 5.73 Å². The Morgan fingerprint density at radius 2 is 2.00 bits per heavy atom. The Hall–Kier alpha value is -2.30. The molecule has 10 heteroatoms. The van der Waals surface area contributed by atoms with Gasteiger partial charge in [-0.25, -0.2) is 4.98 Å². The van der Waals surface area contributed by atoms with E-state index < -0.39 is 5.91 Å². The zero-order chi connectivity index (χ0) is 20.1. The number of carbonyl (C=O) groups is 2. The Kier molecular flexibility index (Phi) is 6.76. The van der Waals surface area contributed by atoms with Crippen molar-refractivity contribution >= 4 is 56.9 Å². The first kappa shape index (κ1) is 20.4. The molecule has 146 valence electrons. The first-order chi connectivity index (χ1) is 13.4. The number of nitrogens with zero attached hydrogens (tertiary/aromatic N) is 2. The lowest BCUT2D eigenvalue weighted by Crippen LogP contribution is -2.36. The van der Waals surface area contributed by atoms with Gasteiger partial charge in [0.1, 0.15) is 4.83 Å². The van der Waals surface area contributed by atoms with Crippen molar-refractivity contribution in [3.05, 3.63) is 57.2 Å². The number of primary amides is 1. The van der Waals surface area contributed by atoms with E-state index in [9.17, 15) is 14.4 Å². The number of hydrogen-bond acceptors (Lipinski definition) is 7. The molecule has 3 rings (SSSR count). The molecule has 0 fully saturated rings. The van der Waals surface area contributed by atoms with E-state index in [1.54, 1.807) is 6.07 Å². The van der Waals surface area contributed by atoms with Crippen LogP contribution in [0.25, 0.3) is 10.2 Å². The molecule has 2 aromatic heterocycles. The molecule has 0 aliphatic heterocycles. The van der Waals surface area contributed by atoms with Crippen molar-refractivity contribution in [2.75, 3.05) is 16.9 Å². The van der Waals surface area contributed by atoms with Crippen molar-refractivity contribution in [3.63, 3.8) is 0 Å². The molecule has 7 nitrogen and oxygen atoms in total. The lowest BCUT2D eigenvalue weighted by Gasteiger charge is -2.12. The largest absolute Gasteiger partial charge is 0.369 e. The maximum Gasteiger partial charge on any atom is 0.281 e. The molecule has 0 atom stereocenters. The van der Waals surface area contributed by atoms with Crippen LogP contribution in [0.15, 0.2) is 46.3 Å². The fraction of sp³-hybridized carbons (Fsp3) is 0.222. The van der Waals surface area contributed by atoms with Crippen molar-refractivity contribution in [1.29, 1.82) is 0 Å². The number of fused-ring (bicyclic) bond motifs is 1. The number of amides is 2. The van der Waals surface area contributed by atoms with Crippen molar-refractivity contribution in [3.8, 4) is 0 Å². The summed E-state index contributed by atoms with van der Waals surface area (Å²) in [6.07, 6.45) is 0. The number of nitrogens with one attached hydrogen (secondary N) is 1. The van der Waals surface area contributed by atoms with Gasteiger partial charge in [0.25, 0.3) is 5.56 Å². The van der Waals surface area contributed by atoms with Gasteiger partial charge in [-0.1, -0.05) is 42.1 Å². The number of nitrogens with two attached hydrogens (primary N) is 1. The average molecular weight is 435 g/mol. The number of aryl methyl sites for hydroxylation is 1. The van der Waals surface area contributed by atoms with Gasteiger partial charge in [0, 0.05) is 10.6 Å². The Bertz CT molecular complexity index is 1060. The molecule has 1 aromatic carbocycles. The van der Waals surface area contributed by atoms with Crippen LogP contribution < -0.4 is 16.7 Å². The second kappa shape index (κ2) is 9.26. The van der Waals surface area contributed by atoms with Crippen molar-refractivity contribution < 1.29 is 9.59 Å². The van der Waals surface area contributed by atoms with Crippen LogP contribution in [-0.4, -0.2) is 33.0 Å². The van der Waals surface area contributed by atoms with Crippen LogP contribution in [0, 0.1) is 6.92 Å². The summed E-state index contributed by atoms with van der Waals surface area (Å²) in [6, 6.07) is 11.6. The van der Waals surface area contributed by atoms with Gasteiger partial charge in [0.2, 0.25) is 11.8 Å². The second-order valence-electron chi connectivity index (χ2n) is 5.88. The SMILES string of the molecule is Cc1cc2c(=O)n(NC(=O)CSCc3ccccc3)c(SCC(N)=O)nc2s1. The standard InChI is InChI=1S/C18H18N4O3S3/c1-11-7-13-16(28-11)20-18(27-9-14(19)23)22(17(13)25)21-15(24)10-26-8-12-5-3-2-4-6-12/h2-7H,8-10H2,1H3,(H2,19,23)(H,21,24). The van der Waals surface area contributed by atoms with E-state index in [0.717, 1.165) is 26.9 Å². The summed E-state index contributed by atoms with van der Waals surface area (Å²) in [5.41, 5.74) is 8.55. The smallest absolute Gasteiger partial charge is 0.281 e. The van der Waals surface area contributed by atoms with Gasteiger partial charge in [0.05, 0.1) is 16.9 Å². The summed E-state index contributed by atoms with van der Waals surface area (Å²) < 4.78 is 1.10. The fourth-order valence-electron chi connectivity index (χ4n) is 2.41. The minimum atomic E-state index is -0.530. The third kappa shape index (κ3) is 5.15. The number of rotatable bonds is 8. The monoisotopic (exact) mass is 434 g/mol. The zero-order valence-corrected chi connectivity index (χ0v) is 17.5. The number of carbonyl (C=O) groups excluding carboxylic acids is 2. The molecule has 0 aliphatic carbocycles. The normalized spacial score (nSPS) is 10.9. The van der Waals surface area contributed by atoms with Crippen LogP contribution in [0.5, 0.6) is 0 Å². The number of thiophene rings is 1. The molecule has 0 radical (unpaired) electrons. The molecule has 0 saturated heterocycles. The van der Waals surface area contributed by atoms with Crippen LogP contribution in [0.2, 0.25) is 0 Å². The van der Waals surface area contributed by atoms with E-state index in [2.05, 4.69) is 10.4 Å². The Labute approximate surface area is 173 Å². The molecule has 2 amide bonds. The van der Waals surface area contributed by atoms with Crippen molar-refractivity contribution in [1.82, 2.24) is 9.66 Å². The molecule has 2 heterocycles. The topological polar surface area (TPSA) is 107 Å². The number of hydrogen-bond donors (Lipinski definition) is 2. The zero-order valence-electron chi connectivity index (χ0n) is 15.0. The molecule has 0 aliphatic rings. The van der Waals surface area contributed by atoms with Crippen LogP contribution in [0.4, 0.5) is 0 Å². The van der Waals surface area contributed by atoms with E-state index >= 15 is 0 Å². The van der Waals surface area contributed by atoms with Gasteiger partial charge in [-0.3, -0.25) is 19.8 Å². The predicted octanol–water partition coefficient (Wildman–Crippen LogP) is 2.35. The number of thioether (sulfide) groups is 2. The predicted molar refractivity (Wildman–Crippen MR) is 116 cm³/mol. The summed E-state index contributed by atoms with van der Waals surface area (Å²) in [5, 5.41) is 0.669. The van der Waals surface area contributed by atoms with E-state index in [1.807, 2.05) is 37.3 Å². The van der Waals surface area contributed by atoms with Gasteiger partial charge < -0.3 is 5.73 Å². The van der Waals surface area contributed by atoms with Gasteiger partial charge in [0.15, 0.2) is 5.16 Å². The molecule has 3 N–H and O–H groups in total. The van der Waals surface area contributed by atoms with E-state index in [-0.39, 0.29) is 28.1 Å². The summed E-state index contributed by atoms with van der Waals surface area (Å²) in [4.78, 5) is 42.2. The first-order valence-electron chi connectivity index (χ1n) is 8.30. The third-order valence-corrected chi connectivity index (χ3v) is 6.49. The lowest BCUT2D eigenvalue weighted by molar-refractivity contribution is -0.116. The average Bonchev–Trinajstić information content (AvgIpc) is 3.04. The van der Waals surface area contributed by atoms with Crippen LogP contribution >= 0.6 is 34.9 Å². The summed E-state index contributed by atoms with van der Waals surface area (Å²) >= 11 is 3.85. The summed E-state index contributed by atoms with van der Waals surface area (Å²) in [6.45, 7) is 1.88. The summed E-state index contributed by atoms with van der Waals surface area (Å²) in [5.74, 6) is -0.0221. The highest BCUT2D eigenvalue weighted by molar-refractivity contribution is 7.99. The number of aromatic nitrogens is 2. The quantitative estimate of drug-likeness (QED) is 0.416. The van der Waals surface area contributed by atoms with Gasteiger partial charge >= 0.3 is 0 Å². The third-order valence-electron chi connectivity index (χ3n) is 3.58. The molecule has 0 bridgehead atoms. The maximum absolute atomic E-state index is 12.8. The fourth-order valence-corrected chi connectivity index (χ4v) is 4.80. The molecule has 28 heavy (non-hydrogen) atoms.